The highest BCUT2D eigenvalue weighted by atomic mass is 32.3. The van der Waals surface area contributed by atoms with Crippen molar-refractivity contribution in [3.63, 3.8) is 0 Å². The van der Waals surface area contributed by atoms with Gasteiger partial charge in [-0.1, -0.05) is 22.0 Å². The van der Waals surface area contributed by atoms with Gasteiger partial charge in [-0.3, -0.25) is 10.0 Å². The summed E-state index contributed by atoms with van der Waals surface area (Å²) in [5.41, 5.74) is 2.41. The van der Waals surface area contributed by atoms with E-state index >= 15 is 0 Å². The summed E-state index contributed by atoms with van der Waals surface area (Å²) in [7, 11) is -2.11. The molecule has 0 bridgehead atoms. The van der Waals surface area contributed by atoms with Crippen molar-refractivity contribution in [1.82, 2.24) is 9.79 Å². The molecule has 112 valence electrons. The number of carbonyl (C=O) groups is 1. The summed E-state index contributed by atoms with van der Waals surface area (Å²) < 4.78 is 28.7. The summed E-state index contributed by atoms with van der Waals surface area (Å²) in [4.78, 5) is 11.4. The second-order valence-corrected chi connectivity index (χ2v) is 6.18. The van der Waals surface area contributed by atoms with Gasteiger partial charge >= 0.3 is 10.4 Å². The first-order chi connectivity index (χ1) is 9.41. The van der Waals surface area contributed by atoms with E-state index in [2.05, 4.69) is 0 Å². The fourth-order valence-corrected chi connectivity index (χ4v) is 2.95. The fraction of sp³-hybridized carbons (Fsp3) is 0.417. The van der Waals surface area contributed by atoms with Crippen molar-refractivity contribution < 1.29 is 23.5 Å². The molecule has 1 atom stereocenters. The van der Waals surface area contributed by atoms with Gasteiger partial charge in [0.1, 0.15) is 6.54 Å². The number of amides is 1. The molecule has 0 heterocycles. The minimum atomic E-state index is -3.56. The van der Waals surface area contributed by atoms with Crippen LogP contribution in [0.2, 0.25) is 0 Å². The topological polar surface area (TPSA) is 99.1 Å². The first kappa shape index (κ1) is 16.7. The minimum absolute atomic E-state index is 0.0765. The fourth-order valence-electron chi connectivity index (χ4n) is 1.54. The normalized spacial score (nSPS) is 14.1. The minimum Gasteiger partial charge on any atom is -0.383 e. The number of hydrogen-bond acceptors (Lipinski definition) is 4. The quantitative estimate of drug-likeness (QED) is 0.391. The average Bonchev–Trinajstić information content (AvgIpc) is 2.43. The lowest BCUT2D eigenvalue weighted by atomic mass is 10.2. The molecular formula is C12H19N2O5S+. The molecule has 0 aliphatic rings. The third kappa shape index (κ3) is 4.36. The smallest absolute Gasteiger partial charge is 0.326 e. The van der Waals surface area contributed by atoms with Gasteiger partial charge in [-0.2, -0.15) is 4.55 Å². The van der Waals surface area contributed by atoms with E-state index in [0.29, 0.717) is 0 Å². The van der Waals surface area contributed by atoms with Gasteiger partial charge in [-0.15, -0.1) is 0 Å². The van der Waals surface area contributed by atoms with Crippen molar-refractivity contribution in [1.29, 1.82) is 0 Å². The first-order valence-corrected chi connectivity index (χ1v) is 7.39. The molecule has 0 aliphatic carbocycles. The second-order valence-electron chi connectivity index (χ2n) is 4.20. The van der Waals surface area contributed by atoms with Crippen LogP contribution in [0.5, 0.6) is 0 Å². The van der Waals surface area contributed by atoms with Crippen LogP contribution in [-0.2, 0) is 24.1 Å². The summed E-state index contributed by atoms with van der Waals surface area (Å²) in [6.07, 6.45) is 0. The van der Waals surface area contributed by atoms with Crippen LogP contribution in [0, 0.1) is 6.92 Å². The Morgan fingerprint density at radius 1 is 1.40 bits per heavy atom. The van der Waals surface area contributed by atoms with Crippen molar-refractivity contribution in [2.45, 2.75) is 11.8 Å². The second kappa shape index (κ2) is 7.46. The molecule has 1 rings (SSSR count). The van der Waals surface area contributed by atoms with Gasteiger partial charge < -0.3 is 4.74 Å². The van der Waals surface area contributed by atoms with Crippen molar-refractivity contribution in [3.05, 3.63) is 29.8 Å². The first-order valence-electron chi connectivity index (χ1n) is 5.92. The largest absolute Gasteiger partial charge is 0.383 e. The lowest BCUT2D eigenvalue weighted by molar-refractivity contribution is -0.129. The van der Waals surface area contributed by atoms with Crippen LogP contribution >= 0.6 is 0 Å². The van der Waals surface area contributed by atoms with Crippen LogP contribution in [0.4, 0.5) is 0 Å². The van der Waals surface area contributed by atoms with Crippen LogP contribution in [0.1, 0.15) is 5.56 Å². The molecule has 1 aromatic rings. The van der Waals surface area contributed by atoms with E-state index in [-0.39, 0.29) is 18.0 Å². The van der Waals surface area contributed by atoms with Crippen molar-refractivity contribution in [2.75, 3.05) is 26.8 Å². The molecule has 8 heteroatoms. The van der Waals surface area contributed by atoms with E-state index in [1.165, 1.54) is 24.7 Å². The number of methoxy groups -OCH3 is 1. The number of carbonyl (C=O) groups excluding carboxylic acids is 1. The van der Waals surface area contributed by atoms with Crippen LogP contribution in [0.25, 0.3) is 0 Å². The monoisotopic (exact) mass is 303 g/mol. The number of rotatable bonds is 7. The Hall–Kier alpha value is -1.32. The molecule has 0 saturated carbocycles. The van der Waals surface area contributed by atoms with E-state index in [1.54, 1.807) is 12.1 Å². The predicted molar refractivity (Wildman–Crippen MR) is 73.5 cm³/mol. The lowest BCUT2D eigenvalue weighted by Gasteiger charge is -2.18. The number of aryl methyl sites for hydroxylation is 1. The van der Waals surface area contributed by atoms with E-state index in [1.807, 2.05) is 6.92 Å². The maximum atomic E-state index is 12.5. The molecule has 7 nitrogen and oxygen atoms in total. The molecule has 0 aromatic heterocycles. The zero-order chi connectivity index (χ0) is 15.2. The average molecular weight is 303 g/mol. The highest BCUT2D eigenvalue weighted by Gasteiger charge is 2.39. The highest BCUT2D eigenvalue weighted by Crippen LogP contribution is 2.21. The highest BCUT2D eigenvalue weighted by molar-refractivity contribution is 7.95. The molecule has 1 amide bonds. The SMILES string of the molecule is COCCN(CC(=O)NO)[S+](=O)(O)c1ccc(C)cc1. The zero-order valence-corrected chi connectivity index (χ0v) is 12.2. The van der Waals surface area contributed by atoms with Gasteiger partial charge in [0.2, 0.25) is 4.90 Å². The molecular weight excluding hydrogens is 284 g/mol. The molecule has 1 aromatic carbocycles. The Labute approximate surface area is 118 Å². The van der Waals surface area contributed by atoms with Crippen LogP contribution in [0.3, 0.4) is 0 Å². The van der Waals surface area contributed by atoms with Gasteiger partial charge in [0, 0.05) is 7.11 Å². The molecule has 0 aliphatic heterocycles. The van der Waals surface area contributed by atoms with Gasteiger partial charge in [-0.05, 0) is 23.3 Å². The van der Waals surface area contributed by atoms with Gasteiger partial charge in [-0.25, -0.2) is 5.48 Å². The summed E-state index contributed by atoms with van der Waals surface area (Å²) in [5, 5.41) is 8.55. The van der Waals surface area contributed by atoms with E-state index in [9.17, 15) is 13.6 Å². The Bertz CT molecular complexity index is 491. The standard InChI is InChI=1S/C12H18N2O5S/c1-10-3-5-11(6-4-10)20(17,18)14(7-8-19-2)9-12(15)13-16/h3-6H,7-9H2,1-2H3,(H2-,13,15,16,17,18)/p+1. The zero-order valence-electron chi connectivity index (χ0n) is 11.4. The summed E-state index contributed by atoms with van der Waals surface area (Å²) in [6, 6.07) is 6.50. The van der Waals surface area contributed by atoms with Crippen molar-refractivity contribution in [3.8, 4) is 0 Å². The Kier molecular flexibility index (Phi) is 6.24. The molecule has 0 spiro atoms. The van der Waals surface area contributed by atoms with Crippen molar-refractivity contribution in [2.24, 2.45) is 0 Å². The number of hydrogen-bond donors (Lipinski definition) is 3. The molecule has 0 radical (unpaired) electrons. The van der Waals surface area contributed by atoms with Gasteiger partial charge in [0.25, 0.3) is 5.91 Å². The van der Waals surface area contributed by atoms with Gasteiger partial charge in [0.05, 0.1) is 13.2 Å². The van der Waals surface area contributed by atoms with Crippen molar-refractivity contribution >= 4 is 16.3 Å². The molecule has 0 fully saturated rings. The summed E-state index contributed by atoms with van der Waals surface area (Å²) >= 11 is 0. The third-order valence-electron chi connectivity index (χ3n) is 2.67. The van der Waals surface area contributed by atoms with Crippen LogP contribution in [0.15, 0.2) is 29.2 Å². The molecule has 3 N–H and O–H groups in total. The summed E-state index contributed by atoms with van der Waals surface area (Å²) in [6.45, 7) is 1.71. The lowest BCUT2D eigenvalue weighted by Crippen LogP contribution is -2.44. The predicted octanol–water partition coefficient (Wildman–Crippen LogP) is 0.695. The maximum absolute atomic E-state index is 12.5. The van der Waals surface area contributed by atoms with Crippen LogP contribution < -0.4 is 5.48 Å². The van der Waals surface area contributed by atoms with E-state index in [0.717, 1.165) is 9.87 Å². The summed E-state index contributed by atoms with van der Waals surface area (Å²) in [5.74, 6) is -0.769. The molecule has 1 unspecified atom stereocenters. The van der Waals surface area contributed by atoms with Crippen LogP contribution in [-0.4, -0.2) is 46.8 Å². The Morgan fingerprint density at radius 2 is 2.00 bits per heavy atom. The number of hydroxylamine groups is 1. The van der Waals surface area contributed by atoms with Gasteiger partial charge in [0.15, 0.2) is 0 Å². The third-order valence-corrected chi connectivity index (χ3v) is 4.57. The number of nitrogens with zero attached hydrogens (tertiary/aromatic N) is 1. The molecule has 20 heavy (non-hydrogen) atoms. The maximum Gasteiger partial charge on any atom is 0.326 e. The van der Waals surface area contributed by atoms with E-state index < -0.39 is 22.9 Å². The number of benzene rings is 1. The molecule has 0 saturated heterocycles. The Morgan fingerprint density at radius 3 is 2.50 bits per heavy atom. The Balaban J connectivity index is 2.99. The number of nitrogens with one attached hydrogen (secondary N) is 1. The number of ether oxygens (including phenoxy) is 1. The van der Waals surface area contributed by atoms with E-state index in [4.69, 9.17) is 9.94 Å².